The summed E-state index contributed by atoms with van der Waals surface area (Å²) in [5.41, 5.74) is -5.37. The summed E-state index contributed by atoms with van der Waals surface area (Å²) in [5, 5.41) is 18.7. The summed E-state index contributed by atoms with van der Waals surface area (Å²) in [6, 6.07) is 14.4. The average molecular weight is 618 g/mol. The highest BCUT2D eigenvalue weighted by Crippen LogP contribution is 2.35. The first kappa shape index (κ1) is 31.6. The molecule has 0 amide bonds. The number of halogens is 7. The van der Waals surface area contributed by atoms with Crippen LogP contribution in [0.15, 0.2) is 60.7 Å². The largest absolute Gasteiger partial charge is 0.458 e. The third-order valence-corrected chi connectivity index (χ3v) is 6.14. The molecule has 6 nitrogen and oxygen atoms in total. The Labute approximate surface area is 250 Å². The lowest BCUT2D eigenvalue weighted by atomic mass is 10.00. The molecule has 0 unspecified atom stereocenters. The molecule has 0 saturated carbocycles. The molecule has 0 radical (unpaired) electrons. The SMILES string of the molecule is [C-]#[N+]/C(C#N)=c1/cc(Oc2cccc(C(F)(F)F)c2)/c(=C(\C#N)c2c(F)c(F)c([N+]#[C-])c(F)c2F)cc1Oc1cccc(C)c1. The summed E-state index contributed by atoms with van der Waals surface area (Å²) in [6.45, 7) is 16.0. The standard InChI is InChI=1S/C32H13F7N4O2/c1-16-6-4-8-18(10-16)44-25-12-20(22(14-40)26-27(33)29(35)31(43-3)30(36)28(26)34)24(13-21(25)23(15-41)42-2)45-19-9-5-7-17(11-19)32(37,38)39/h4-13H,1H3/b22-20+,23-21-. The smallest absolute Gasteiger partial charge is 0.416 e. The molecule has 0 aliphatic rings. The van der Waals surface area contributed by atoms with Crippen LogP contribution in [0, 0.1) is 66.0 Å². The zero-order valence-corrected chi connectivity index (χ0v) is 22.5. The lowest BCUT2D eigenvalue weighted by Gasteiger charge is -2.15. The number of hydrogen-bond donors (Lipinski definition) is 0. The van der Waals surface area contributed by atoms with Crippen LogP contribution in [-0.2, 0) is 6.18 Å². The monoisotopic (exact) mass is 618 g/mol. The van der Waals surface area contributed by atoms with Gasteiger partial charge in [-0.15, -0.1) is 0 Å². The number of aryl methyl sites for hydroxylation is 1. The second kappa shape index (κ2) is 12.5. The van der Waals surface area contributed by atoms with Gasteiger partial charge >= 0.3 is 6.18 Å². The summed E-state index contributed by atoms with van der Waals surface area (Å²) < 4.78 is 111. The van der Waals surface area contributed by atoms with Crippen LogP contribution in [0.4, 0.5) is 36.4 Å². The van der Waals surface area contributed by atoms with Gasteiger partial charge in [-0.05, 0) is 55.0 Å². The molecule has 0 bridgehead atoms. The van der Waals surface area contributed by atoms with Gasteiger partial charge in [0.1, 0.15) is 29.1 Å². The molecule has 13 heteroatoms. The molecule has 45 heavy (non-hydrogen) atoms. The number of hydrogen-bond acceptors (Lipinski definition) is 4. The van der Waals surface area contributed by atoms with E-state index in [-0.39, 0.29) is 16.7 Å². The molecule has 4 aromatic rings. The summed E-state index contributed by atoms with van der Waals surface area (Å²) >= 11 is 0. The van der Waals surface area contributed by atoms with Crippen molar-refractivity contribution in [3.63, 3.8) is 0 Å². The molecule has 0 heterocycles. The molecule has 0 aliphatic carbocycles. The van der Waals surface area contributed by atoms with E-state index in [1.165, 1.54) is 18.2 Å². The molecule has 0 aliphatic heterocycles. The molecule has 0 aromatic heterocycles. The van der Waals surface area contributed by atoms with Crippen LogP contribution in [0.5, 0.6) is 23.0 Å². The van der Waals surface area contributed by atoms with Crippen molar-refractivity contribution in [3.05, 3.63) is 134 Å². The van der Waals surface area contributed by atoms with Gasteiger partial charge in [0.05, 0.1) is 35.9 Å². The number of alkyl halides is 3. The minimum atomic E-state index is -4.82. The van der Waals surface area contributed by atoms with Crippen molar-refractivity contribution in [3.8, 4) is 35.1 Å². The number of nitriles is 2. The molecular formula is C32H13F7N4O2. The van der Waals surface area contributed by atoms with Crippen LogP contribution in [0.2, 0.25) is 0 Å². The van der Waals surface area contributed by atoms with E-state index in [0.717, 1.165) is 30.3 Å². The fraction of sp³-hybridized carbons (Fsp3) is 0.0625. The van der Waals surface area contributed by atoms with Gasteiger partial charge in [0.25, 0.3) is 11.4 Å². The van der Waals surface area contributed by atoms with Gasteiger partial charge in [-0.3, -0.25) is 0 Å². The maximum atomic E-state index is 15.2. The molecular weight excluding hydrogens is 605 g/mol. The number of nitrogens with zero attached hydrogens (tertiary/aromatic N) is 4. The Balaban J connectivity index is 2.20. The second-order valence-electron chi connectivity index (χ2n) is 9.04. The molecule has 4 rings (SSSR count). The number of ether oxygens (including phenoxy) is 2. The summed E-state index contributed by atoms with van der Waals surface area (Å²) in [4.78, 5) is 5.56. The lowest BCUT2D eigenvalue weighted by Crippen LogP contribution is -2.20. The van der Waals surface area contributed by atoms with Crippen molar-refractivity contribution < 1.29 is 40.2 Å². The highest BCUT2D eigenvalue weighted by Gasteiger charge is 2.31. The maximum Gasteiger partial charge on any atom is 0.416 e. The molecule has 0 N–H and O–H groups in total. The number of benzene rings is 4. The quantitative estimate of drug-likeness (QED) is 0.129. The Morgan fingerprint density at radius 1 is 0.756 bits per heavy atom. The van der Waals surface area contributed by atoms with Crippen molar-refractivity contribution in [2.24, 2.45) is 0 Å². The predicted molar refractivity (Wildman–Crippen MR) is 145 cm³/mol. The molecule has 0 spiro atoms. The Morgan fingerprint density at radius 3 is 1.82 bits per heavy atom. The van der Waals surface area contributed by atoms with Crippen molar-refractivity contribution in [2.45, 2.75) is 13.1 Å². The lowest BCUT2D eigenvalue weighted by molar-refractivity contribution is -0.137. The predicted octanol–water partition coefficient (Wildman–Crippen LogP) is 7.98. The first-order valence-corrected chi connectivity index (χ1v) is 12.3. The van der Waals surface area contributed by atoms with Gasteiger partial charge in [0.15, 0.2) is 23.3 Å². The Kier molecular flexibility index (Phi) is 8.79. The van der Waals surface area contributed by atoms with E-state index in [4.69, 9.17) is 22.6 Å². The molecule has 4 aromatic carbocycles. The van der Waals surface area contributed by atoms with Crippen LogP contribution >= 0.6 is 0 Å². The molecule has 0 atom stereocenters. The minimum Gasteiger partial charge on any atom is -0.458 e. The Morgan fingerprint density at radius 2 is 1.31 bits per heavy atom. The Bertz CT molecular complexity index is 2120. The fourth-order valence-corrected chi connectivity index (χ4v) is 4.11. The third kappa shape index (κ3) is 6.24. The minimum absolute atomic E-state index is 0.130. The van der Waals surface area contributed by atoms with Crippen LogP contribution in [0.25, 0.3) is 21.0 Å². The van der Waals surface area contributed by atoms with Crippen LogP contribution < -0.4 is 19.9 Å². The van der Waals surface area contributed by atoms with Crippen molar-refractivity contribution in [1.82, 2.24) is 0 Å². The van der Waals surface area contributed by atoms with E-state index < -0.39 is 74.2 Å². The fourth-order valence-electron chi connectivity index (χ4n) is 4.11. The summed E-state index contributed by atoms with van der Waals surface area (Å²) in [6.07, 6.45) is -4.82. The van der Waals surface area contributed by atoms with Crippen LogP contribution in [-0.4, -0.2) is 0 Å². The highest BCUT2D eigenvalue weighted by atomic mass is 19.4. The van der Waals surface area contributed by atoms with Crippen LogP contribution in [0.3, 0.4) is 0 Å². The van der Waals surface area contributed by atoms with Crippen molar-refractivity contribution >= 4 is 17.0 Å². The molecule has 0 fully saturated rings. The second-order valence-corrected chi connectivity index (χ2v) is 9.04. The van der Waals surface area contributed by atoms with Gasteiger partial charge in [-0.25, -0.2) is 32.5 Å². The summed E-state index contributed by atoms with van der Waals surface area (Å²) in [7, 11) is 0. The van der Waals surface area contributed by atoms with Gasteiger partial charge in [0.2, 0.25) is 0 Å². The van der Waals surface area contributed by atoms with E-state index >= 15 is 8.78 Å². The third-order valence-electron chi connectivity index (χ3n) is 6.14. The van der Waals surface area contributed by atoms with E-state index in [2.05, 4.69) is 9.69 Å². The highest BCUT2D eigenvalue weighted by molar-refractivity contribution is 5.80. The maximum absolute atomic E-state index is 15.2. The zero-order valence-electron chi connectivity index (χ0n) is 22.5. The van der Waals surface area contributed by atoms with E-state index in [9.17, 15) is 32.5 Å². The van der Waals surface area contributed by atoms with E-state index in [0.29, 0.717) is 11.6 Å². The Hall–Kier alpha value is -6.31. The average Bonchev–Trinajstić information content (AvgIpc) is 3.00. The number of rotatable bonds is 5. The molecule has 0 saturated heterocycles. The van der Waals surface area contributed by atoms with E-state index in [1.54, 1.807) is 25.1 Å². The normalized spacial score (nSPS) is 12.2. The van der Waals surface area contributed by atoms with Gasteiger partial charge < -0.3 is 9.47 Å². The first-order valence-electron chi connectivity index (χ1n) is 12.3. The van der Waals surface area contributed by atoms with E-state index in [1.807, 2.05) is 0 Å². The van der Waals surface area contributed by atoms with Crippen molar-refractivity contribution in [2.75, 3.05) is 0 Å². The topological polar surface area (TPSA) is 74.8 Å². The van der Waals surface area contributed by atoms with Gasteiger partial charge in [-0.1, -0.05) is 18.2 Å². The summed E-state index contributed by atoms with van der Waals surface area (Å²) in [5.74, 6) is -9.83. The zero-order chi connectivity index (χ0) is 33.1. The first-order chi connectivity index (χ1) is 21.3. The van der Waals surface area contributed by atoms with Gasteiger partial charge in [0, 0.05) is 10.4 Å². The van der Waals surface area contributed by atoms with Gasteiger partial charge in [-0.2, -0.15) is 18.4 Å². The van der Waals surface area contributed by atoms with Crippen LogP contribution in [0.1, 0.15) is 16.7 Å². The van der Waals surface area contributed by atoms with Crippen molar-refractivity contribution in [1.29, 1.82) is 10.5 Å². The molecule has 222 valence electrons.